The van der Waals surface area contributed by atoms with Crippen LogP contribution in [0.2, 0.25) is 0 Å². The normalized spacial score (nSPS) is 23.7. The molecule has 0 spiro atoms. The average Bonchev–Trinajstić information content (AvgIpc) is 1.17. The first-order valence-electron chi connectivity index (χ1n) is 33.5. The molecule has 0 bridgehead atoms. The third-order valence-electron chi connectivity index (χ3n) is 19.9. The number of fused-ring (bicyclic) bond motifs is 7. The van der Waals surface area contributed by atoms with E-state index >= 15 is 0 Å². The quantitative estimate of drug-likeness (QED) is 0.0120. The lowest BCUT2D eigenvalue weighted by Gasteiger charge is -2.58. The van der Waals surface area contributed by atoms with Crippen molar-refractivity contribution >= 4 is 72.0 Å². The van der Waals surface area contributed by atoms with Gasteiger partial charge in [0.05, 0.1) is 57.6 Å². The van der Waals surface area contributed by atoms with Crippen LogP contribution in [0.1, 0.15) is 129 Å². The molecule has 0 saturated heterocycles. The van der Waals surface area contributed by atoms with Crippen LogP contribution < -0.4 is 46.0 Å². The molecule has 1 unspecified atom stereocenters. The highest BCUT2D eigenvalue weighted by Crippen LogP contribution is 2.67. The first kappa shape index (κ1) is 78.2. The second-order valence-corrected chi connectivity index (χ2v) is 40.3. The van der Waals surface area contributed by atoms with Gasteiger partial charge in [0.15, 0.2) is 23.0 Å². The van der Waals surface area contributed by atoms with Gasteiger partial charge in [-0.05, 0) is 159 Å². The van der Waals surface area contributed by atoms with Gasteiger partial charge in [0.2, 0.25) is 62.0 Å². The van der Waals surface area contributed by atoms with Crippen LogP contribution >= 0.6 is 0 Å². The van der Waals surface area contributed by atoms with Gasteiger partial charge in [-0.15, -0.1) is 0 Å². The number of benzene rings is 4. The molecule has 10 rings (SSSR count). The molecule has 0 aliphatic heterocycles. The zero-order valence-corrected chi connectivity index (χ0v) is 62.8. The zero-order valence-electron chi connectivity index (χ0n) is 58.7. The molecule has 9 N–H and O–H groups in total. The van der Waals surface area contributed by atoms with Crippen molar-refractivity contribution in [3.05, 3.63) is 104 Å². The third-order valence-corrected chi connectivity index (χ3v) is 22.5. The topological polar surface area (TPSA) is 428 Å². The van der Waals surface area contributed by atoms with E-state index in [-0.39, 0.29) is 71.5 Å². The molecule has 33 heteroatoms. The van der Waals surface area contributed by atoms with E-state index in [0.717, 1.165) is 73.6 Å². The summed E-state index contributed by atoms with van der Waals surface area (Å²) >= 11 is 0. The maximum absolute atomic E-state index is 14.8. The second-order valence-electron chi connectivity index (χ2n) is 29.5. The Bertz CT molecular complexity index is 4790. The largest absolute Gasteiger partial charge is 0.493 e. The van der Waals surface area contributed by atoms with Crippen molar-refractivity contribution in [3.63, 3.8) is 0 Å². The van der Waals surface area contributed by atoms with Gasteiger partial charge >= 0.3 is 10.4 Å². The maximum atomic E-state index is 14.8. The van der Waals surface area contributed by atoms with Crippen molar-refractivity contribution in [1.82, 2.24) is 0 Å². The Morgan fingerprint density at radius 2 is 1.13 bits per heavy atom. The summed E-state index contributed by atoms with van der Waals surface area (Å²) < 4.78 is 230. The summed E-state index contributed by atoms with van der Waals surface area (Å²) in [5.41, 5.74) is -1.30. The molecule has 4 aliphatic carbocycles. The Kier molecular flexibility index (Phi) is 20.8. The van der Waals surface area contributed by atoms with Crippen LogP contribution in [0.5, 0.6) is 46.0 Å². The van der Waals surface area contributed by atoms with Gasteiger partial charge in [-0.1, -0.05) is 77.7 Å². The maximum Gasteiger partial charge on any atom is 0.446 e. The van der Waals surface area contributed by atoms with E-state index in [2.05, 4.69) is 40.7 Å². The fraction of sp³-hybridized carbons (Fsp3) is 0.536. The minimum atomic E-state index is -6.13. The summed E-state index contributed by atoms with van der Waals surface area (Å²) in [5, 5.41) is -1.05. The second kappa shape index (κ2) is 27.2. The molecule has 2 heterocycles. The Morgan fingerprint density at radius 3 is 1.74 bits per heavy atom. The number of aryl methyl sites for hydroxylation is 2. The molecular weight excluding hydrogens is 1440 g/mol. The molecule has 4 aliphatic rings. The standard InChI is InChI=1S/C69H94O28S5/c1-40(2)15-12-16-42(4)50-22-23-51-49-21-20-46-37-47(25-27-68(46,6)52(49)26-28-69(50,51)7)87-29-13-30-88-55-36-45(19-24-53(55)95-100(9,78,79)80)65-67(97-102(11,84,85)86)63(71)60-56(33-41(3)34-58(60)91-65)89-31-14-32-90-57-38-48(94-99(8,75,76)77)39-59-61(57)62(70)66(93-98(72,73)74)64(92-59)44-18-17-43(5)54(35-44)96-101(10,81,82)83/h17-20,24,33-36,38-40,42,47,49-52H,12-16,21-23,25-32,37H2,1-11H3,(H,72,73,74)(H2,75,76,77)(H2,78,79,80)(H2,81,82,83)(H2,84,85,86)/t42-,47?,49+,50-,51+,52+,68+,69-/m1/s1. The minimum absolute atomic E-state index is 0.0271. The van der Waals surface area contributed by atoms with Crippen molar-refractivity contribution in [2.45, 2.75) is 138 Å². The highest BCUT2D eigenvalue weighted by molar-refractivity contribution is 8.06. The van der Waals surface area contributed by atoms with Gasteiger partial charge in [0.1, 0.15) is 44.9 Å². The van der Waals surface area contributed by atoms with Gasteiger partial charge in [0, 0.05) is 36.1 Å². The first-order valence-corrected chi connectivity index (χ1v) is 43.7. The van der Waals surface area contributed by atoms with Crippen molar-refractivity contribution in [2.24, 2.45) is 46.3 Å². The molecule has 568 valence electrons. The Balaban J connectivity index is 0.865. The summed E-state index contributed by atoms with van der Waals surface area (Å²) in [5.74, 6) is -1.99. The lowest BCUT2D eigenvalue weighted by molar-refractivity contribution is -0.0644. The fourth-order valence-electron chi connectivity index (χ4n) is 15.8. The van der Waals surface area contributed by atoms with Crippen LogP contribution in [0, 0.1) is 60.2 Å². The van der Waals surface area contributed by atoms with E-state index in [0.29, 0.717) is 54.3 Å². The molecule has 2 aromatic heterocycles. The molecule has 8 atom stereocenters. The van der Waals surface area contributed by atoms with Crippen LogP contribution in [0.15, 0.2) is 90.7 Å². The summed E-state index contributed by atoms with van der Waals surface area (Å²) in [6.07, 6.45) is 17.4. The summed E-state index contributed by atoms with van der Waals surface area (Å²) in [6, 6.07) is 11.3. The number of hydrogen-bond acceptors (Lipinski definition) is 19. The molecule has 4 aromatic carbocycles. The Labute approximate surface area is 591 Å². The lowest BCUT2D eigenvalue weighted by atomic mass is 9.47. The van der Waals surface area contributed by atoms with Crippen LogP contribution in [0.25, 0.3) is 44.6 Å². The van der Waals surface area contributed by atoms with Crippen molar-refractivity contribution in [1.29, 1.82) is 0 Å². The van der Waals surface area contributed by atoms with Crippen LogP contribution in [0.4, 0.5) is 0 Å². The predicted octanol–water partition coefficient (Wildman–Crippen LogP) is 13.8. The molecule has 3 fully saturated rings. The van der Waals surface area contributed by atoms with E-state index in [4.69, 9.17) is 48.7 Å². The molecule has 6 aromatic rings. The van der Waals surface area contributed by atoms with Gasteiger partial charge in [-0.2, -0.15) is 25.3 Å². The Morgan fingerprint density at radius 1 is 0.578 bits per heavy atom. The number of hydrogen-bond donors (Lipinski definition) is 9. The van der Waals surface area contributed by atoms with E-state index < -0.39 is 130 Å². The average molecular weight is 1530 g/mol. The van der Waals surface area contributed by atoms with Crippen molar-refractivity contribution in [2.75, 3.05) is 51.5 Å². The van der Waals surface area contributed by atoms with E-state index in [9.17, 15) is 75.8 Å². The summed E-state index contributed by atoms with van der Waals surface area (Å²) in [6.45, 7) is 14.6. The summed E-state index contributed by atoms with van der Waals surface area (Å²) in [4.78, 5) is 29.2. The zero-order chi connectivity index (χ0) is 75.0. The first-order chi connectivity index (χ1) is 46.8. The lowest BCUT2D eigenvalue weighted by Crippen LogP contribution is -2.51. The number of ether oxygens (including phenoxy) is 4. The fourth-order valence-corrected chi connectivity index (χ4v) is 18.3. The van der Waals surface area contributed by atoms with E-state index in [1.165, 1.54) is 93.8 Å². The van der Waals surface area contributed by atoms with Crippen LogP contribution in [-0.2, 0) is 54.8 Å². The molecular formula is C69H94O28S5. The molecule has 0 radical (unpaired) electrons. The van der Waals surface area contributed by atoms with Crippen molar-refractivity contribution < 1.29 is 115 Å². The van der Waals surface area contributed by atoms with Crippen molar-refractivity contribution in [3.8, 4) is 68.6 Å². The number of rotatable bonds is 29. The van der Waals surface area contributed by atoms with Gasteiger partial charge in [-0.25, -0.2) is 0 Å². The smallest absolute Gasteiger partial charge is 0.446 e. The molecule has 0 amide bonds. The number of allylic oxidation sites excluding steroid dienone is 1. The highest BCUT2D eigenvalue weighted by Gasteiger charge is 2.59. The minimum Gasteiger partial charge on any atom is -0.493 e. The highest BCUT2D eigenvalue weighted by atomic mass is 32.3. The molecule has 28 nitrogen and oxygen atoms in total. The molecule has 102 heavy (non-hydrogen) atoms. The van der Waals surface area contributed by atoms with Gasteiger partial charge < -0.3 is 48.7 Å². The molecule has 3 saturated carbocycles. The summed E-state index contributed by atoms with van der Waals surface area (Å²) in [7, 11) is -29.1. The van der Waals surface area contributed by atoms with Crippen LogP contribution in [-0.4, -0.2) is 124 Å². The van der Waals surface area contributed by atoms with Gasteiger partial charge in [0.25, 0.3) is 0 Å². The van der Waals surface area contributed by atoms with Crippen LogP contribution in [0.3, 0.4) is 0 Å². The monoisotopic (exact) mass is 1530 g/mol. The third kappa shape index (κ3) is 19.2. The SMILES string of the molecule is Cc1cc(OCCCOc2cc(OS(C)(=O)(O)O)cc3oc(-c4ccc(C)c(OS(C)(=O)(O)O)c4)c(OS(=O)(=O)O)c(=O)c23)c2c(=O)c(OS(C)(=O)(O)O)c(-c3ccc(OS(C)(=O)(O)O)c(OCCCOC4CC[C@@]5(C)C(=CC[C@H]6[C@@H]7CC[C@H]([C@H](C)CCCC(C)C)[C@@]7(C)CC[C@@H]65)C4)c3)oc2c1. The predicted molar refractivity (Wildman–Crippen MR) is 386 cm³/mol. The van der Waals surface area contributed by atoms with E-state index in [1.54, 1.807) is 6.92 Å². The van der Waals surface area contributed by atoms with Gasteiger partial charge in [-0.3, -0.25) is 50.6 Å². The Hall–Kier alpha value is -6.41. The van der Waals surface area contributed by atoms with E-state index in [1.807, 2.05) is 0 Å².